The Labute approximate surface area is 97.2 Å². The topological polar surface area (TPSA) is 93.0 Å². The summed E-state index contributed by atoms with van der Waals surface area (Å²) in [5.74, 6) is 0.474. The third kappa shape index (κ3) is 2.44. The molecule has 90 valence electrons. The van der Waals surface area contributed by atoms with E-state index in [1.165, 1.54) is 6.26 Å². The van der Waals surface area contributed by atoms with Crippen LogP contribution in [0.3, 0.4) is 0 Å². The number of aryl methyl sites for hydroxylation is 1. The van der Waals surface area contributed by atoms with Crippen molar-refractivity contribution < 1.29 is 13.9 Å². The van der Waals surface area contributed by atoms with E-state index in [0.717, 1.165) is 0 Å². The number of nitrogens with zero attached hydrogens (tertiary/aromatic N) is 2. The Kier molecular flexibility index (Phi) is 3.08. The molecule has 0 aliphatic rings. The zero-order valence-electron chi connectivity index (χ0n) is 9.48. The number of hydrogen-bond donors (Lipinski definition) is 2. The lowest BCUT2D eigenvalue weighted by molar-refractivity contribution is 0.102. The van der Waals surface area contributed by atoms with Crippen LogP contribution in [0.1, 0.15) is 23.0 Å². The number of amides is 1. The molecule has 2 heterocycles. The monoisotopic (exact) mass is 236 g/mol. The van der Waals surface area contributed by atoms with Gasteiger partial charge in [0.25, 0.3) is 5.91 Å². The number of aromatic nitrogens is 3. The summed E-state index contributed by atoms with van der Waals surface area (Å²) >= 11 is 0. The van der Waals surface area contributed by atoms with Gasteiger partial charge in [0.05, 0.1) is 18.4 Å². The highest BCUT2D eigenvalue weighted by Crippen LogP contribution is 2.11. The van der Waals surface area contributed by atoms with E-state index >= 15 is 0 Å². The van der Waals surface area contributed by atoms with Crippen molar-refractivity contribution in [3.63, 3.8) is 0 Å². The molecule has 1 amide bonds. The van der Waals surface area contributed by atoms with Crippen molar-refractivity contribution in [3.8, 4) is 6.01 Å². The van der Waals surface area contributed by atoms with Gasteiger partial charge in [0.1, 0.15) is 5.76 Å². The Balaban J connectivity index is 2.05. The summed E-state index contributed by atoms with van der Waals surface area (Å²) < 4.78 is 10.1. The lowest BCUT2D eigenvalue weighted by Crippen LogP contribution is -2.13. The number of nitrogens with one attached hydrogen (secondary N) is 2. The molecule has 7 nitrogen and oxygen atoms in total. The third-order valence-corrected chi connectivity index (χ3v) is 2.07. The van der Waals surface area contributed by atoms with Crippen LogP contribution in [0.15, 0.2) is 16.7 Å². The number of carbonyl (C=O) groups excluding carboxylic acids is 1. The maximum Gasteiger partial charge on any atom is 0.337 e. The summed E-state index contributed by atoms with van der Waals surface area (Å²) in [5.41, 5.74) is 0.458. The van der Waals surface area contributed by atoms with Crippen LogP contribution in [-0.2, 0) is 0 Å². The fourth-order valence-corrected chi connectivity index (χ4v) is 1.29. The molecule has 2 N–H and O–H groups in total. The Hall–Kier alpha value is -2.31. The molecular formula is C10H12N4O3. The Bertz CT molecular complexity index is 517. The van der Waals surface area contributed by atoms with Crippen molar-refractivity contribution in [3.05, 3.63) is 23.7 Å². The number of furan rings is 1. The molecule has 0 aromatic carbocycles. The zero-order chi connectivity index (χ0) is 12.3. The fourth-order valence-electron chi connectivity index (χ4n) is 1.29. The number of aromatic amines is 1. The van der Waals surface area contributed by atoms with Crippen LogP contribution in [0.25, 0.3) is 0 Å². The first kappa shape index (κ1) is 11.2. The summed E-state index contributed by atoms with van der Waals surface area (Å²) in [5, 5.41) is 8.88. The minimum atomic E-state index is -0.310. The molecule has 0 saturated carbocycles. The highest BCUT2D eigenvalue weighted by molar-refractivity contribution is 6.03. The SMILES string of the molecule is CCOc1n[nH]c(NC(=O)c2ccoc2C)n1. The number of H-pyrrole nitrogens is 1. The second-order valence-electron chi connectivity index (χ2n) is 3.24. The number of ether oxygens (including phenoxy) is 1. The Morgan fingerprint density at radius 3 is 3.12 bits per heavy atom. The van der Waals surface area contributed by atoms with E-state index in [9.17, 15) is 4.79 Å². The largest absolute Gasteiger partial charge is 0.469 e. The van der Waals surface area contributed by atoms with Gasteiger partial charge >= 0.3 is 6.01 Å². The maximum atomic E-state index is 11.8. The van der Waals surface area contributed by atoms with Gasteiger partial charge in [-0.1, -0.05) is 0 Å². The van der Waals surface area contributed by atoms with E-state index < -0.39 is 0 Å². The predicted octanol–water partition coefficient (Wildman–Crippen LogP) is 1.36. The smallest absolute Gasteiger partial charge is 0.337 e. The molecule has 0 radical (unpaired) electrons. The van der Waals surface area contributed by atoms with E-state index in [2.05, 4.69) is 20.5 Å². The molecule has 2 aromatic heterocycles. The number of carbonyl (C=O) groups is 1. The van der Waals surface area contributed by atoms with Crippen molar-refractivity contribution in [2.24, 2.45) is 0 Å². The average molecular weight is 236 g/mol. The predicted molar refractivity (Wildman–Crippen MR) is 58.9 cm³/mol. The highest BCUT2D eigenvalue weighted by atomic mass is 16.5. The second kappa shape index (κ2) is 4.69. The van der Waals surface area contributed by atoms with Crippen molar-refractivity contribution in [2.45, 2.75) is 13.8 Å². The van der Waals surface area contributed by atoms with Crippen molar-refractivity contribution in [1.82, 2.24) is 15.2 Å². The van der Waals surface area contributed by atoms with Gasteiger partial charge in [-0.2, -0.15) is 4.98 Å². The molecule has 0 aliphatic heterocycles. The molecule has 2 aromatic rings. The summed E-state index contributed by atoms with van der Waals surface area (Å²) in [6.45, 7) is 4.00. The van der Waals surface area contributed by atoms with Gasteiger partial charge in [-0.3, -0.25) is 10.1 Å². The first-order valence-corrected chi connectivity index (χ1v) is 5.11. The van der Waals surface area contributed by atoms with Crippen LogP contribution < -0.4 is 10.1 Å². The van der Waals surface area contributed by atoms with E-state index in [4.69, 9.17) is 9.15 Å². The fraction of sp³-hybridized carbons (Fsp3) is 0.300. The molecule has 7 heteroatoms. The lowest BCUT2D eigenvalue weighted by atomic mass is 10.2. The van der Waals surface area contributed by atoms with Crippen LogP contribution in [0.5, 0.6) is 6.01 Å². The van der Waals surface area contributed by atoms with Gasteiger partial charge in [-0.25, -0.2) is 5.10 Å². The van der Waals surface area contributed by atoms with Crippen LogP contribution >= 0.6 is 0 Å². The van der Waals surface area contributed by atoms with Gasteiger partial charge in [0.2, 0.25) is 5.95 Å². The molecular weight excluding hydrogens is 224 g/mol. The van der Waals surface area contributed by atoms with Gasteiger partial charge in [-0.15, -0.1) is 5.10 Å². The Morgan fingerprint density at radius 1 is 1.65 bits per heavy atom. The minimum absolute atomic E-state index is 0.201. The number of hydrogen-bond acceptors (Lipinski definition) is 5. The van der Waals surface area contributed by atoms with E-state index in [0.29, 0.717) is 17.9 Å². The highest BCUT2D eigenvalue weighted by Gasteiger charge is 2.13. The first-order valence-electron chi connectivity index (χ1n) is 5.11. The van der Waals surface area contributed by atoms with Crippen LogP contribution in [0, 0.1) is 6.92 Å². The second-order valence-corrected chi connectivity index (χ2v) is 3.24. The molecule has 0 aliphatic carbocycles. The van der Waals surface area contributed by atoms with Gasteiger partial charge in [0, 0.05) is 0 Å². The minimum Gasteiger partial charge on any atom is -0.469 e. The summed E-state index contributed by atoms with van der Waals surface area (Å²) in [7, 11) is 0. The van der Waals surface area contributed by atoms with Crippen LogP contribution in [-0.4, -0.2) is 27.7 Å². The van der Waals surface area contributed by atoms with Crippen LogP contribution in [0.4, 0.5) is 5.95 Å². The summed E-state index contributed by atoms with van der Waals surface area (Å²) in [6.07, 6.45) is 1.45. The molecule has 0 saturated heterocycles. The maximum absolute atomic E-state index is 11.8. The van der Waals surface area contributed by atoms with E-state index in [1.807, 2.05) is 6.92 Å². The van der Waals surface area contributed by atoms with E-state index in [1.54, 1.807) is 13.0 Å². The standard InChI is InChI=1S/C10H12N4O3/c1-3-16-10-12-9(13-14-10)11-8(15)7-4-5-17-6(7)2/h4-5H,3H2,1-2H3,(H2,11,12,13,14,15). The van der Waals surface area contributed by atoms with E-state index in [-0.39, 0.29) is 17.9 Å². The zero-order valence-corrected chi connectivity index (χ0v) is 9.48. The molecule has 0 atom stereocenters. The van der Waals surface area contributed by atoms with Gasteiger partial charge in [0.15, 0.2) is 0 Å². The molecule has 0 fully saturated rings. The Morgan fingerprint density at radius 2 is 2.47 bits per heavy atom. The van der Waals surface area contributed by atoms with Gasteiger partial charge < -0.3 is 9.15 Å². The lowest BCUT2D eigenvalue weighted by Gasteiger charge is -1.98. The number of anilines is 1. The summed E-state index contributed by atoms with van der Waals surface area (Å²) in [6, 6.07) is 1.79. The van der Waals surface area contributed by atoms with Crippen LogP contribution in [0.2, 0.25) is 0 Å². The molecule has 17 heavy (non-hydrogen) atoms. The quantitative estimate of drug-likeness (QED) is 0.835. The summed E-state index contributed by atoms with van der Waals surface area (Å²) in [4.78, 5) is 15.7. The average Bonchev–Trinajstić information content (AvgIpc) is 2.88. The molecule has 0 unspecified atom stereocenters. The van der Waals surface area contributed by atoms with Gasteiger partial charge in [-0.05, 0) is 19.9 Å². The first-order chi connectivity index (χ1) is 8.20. The normalized spacial score (nSPS) is 10.2. The molecule has 2 rings (SSSR count). The molecule has 0 spiro atoms. The number of rotatable bonds is 4. The van der Waals surface area contributed by atoms with Crippen molar-refractivity contribution in [1.29, 1.82) is 0 Å². The molecule has 0 bridgehead atoms. The third-order valence-electron chi connectivity index (χ3n) is 2.07. The van der Waals surface area contributed by atoms with Crippen molar-refractivity contribution in [2.75, 3.05) is 11.9 Å². The van der Waals surface area contributed by atoms with Crippen molar-refractivity contribution >= 4 is 11.9 Å².